The Bertz CT molecular complexity index is 566. The Morgan fingerprint density at radius 2 is 1.94 bits per heavy atom. The van der Waals surface area contributed by atoms with E-state index in [9.17, 15) is 13.2 Å². The molecule has 96 valence electrons. The number of nitrogens with one attached hydrogen (secondary N) is 2. The van der Waals surface area contributed by atoms with Crippen LogP contribution in [0.5, 0.6) is 0 Å². The molecule has 0 spiro atoms. The molecule has 2 N–H and O–H groups in total. The lowest BCUT2D eigenvalue weighted by molar-refractivity contribution is -0.141. The molecule has 0 bridgehead atoms. The number of aromatic amines is 1. The van der Waals surface area contributed by atoms with Crippen molar-refractivity contribution in [3.63, 3.8) is 0 Å². The number of hydrogen-bond acceptors (Lipinski definition) is 4. The van der Waals surface area contributed by atoms with Crippen LogP contribution in [0.3, 0.4) is 0 Å². The fourth-order valence-electron chi connectivity index (χ4n) is 1.24. The van der Waals surface area contributed by atoms with Gasteiger partial charge < -0.3 is 5.32 Å². The summed E-state index contributed by atoms with van der Waals surface area (Å²) in [6, 6.07) is 2.37. The molecular formula is C9H7ClF3N5. The minimum Gasteiger partial charge on any atom is -0.323 e. The molecule has 9 heteroatoms. The lowest BCUT2D eigenvalue weighted by Crippen LogP contribution is -2.10. The van der Waals surface area contributed by atoms with Gasteiger partial charge in [0.2, 0.25) is 5.28 Å². The van der Waals surface area contributed by atoms with Gasteiger partial charge in [-0.1, -0.05) is 0 Å². The second kappa shape index (κ2) is 4.45. The van der Waals surface area contributed by atoms with Crippen molar-refractivity contribution in [3.8, 4) is 0 Å². The highest BCUT2D eigenvalue weighted by Crippen LogP contribution is 2.30. The van der Waals surface area contributed by atoms with Crippen LogP contribution in [0.25, 0.3) is 0 Å². The predicted octanol–water partition coefficient (Wildman–Crippen LogP) is 2.92. The van der Waals surface area contributed by atoms with E-state index in [0.29, 0.717) is 5.82 Å². The molecule has 0 fully saturated rings. The molecule has 0 saturated carbocycles. The zero-order valence-corrected chi connectivity index (χ0v) is 9.76. The Balaban J connectivity index is 2.31. The molecule has 0 amide bonds. The first-order valence-corrected chi connectivity index (χ1v) is 5.13. The highest BCUT2D eigenvalue weighted by molar-refractivity contribution is 6.28. The Hall–Kier alpha value is -1.83. The van der Waals surface area contributed by atoms with Gasteiger partial charge in [0.25, 0.3) is 0 Å². The van der Waals surface area contributed by atoms with Crippen LogP contribution in [0.4, 0.5) is 24.8 Å². The average molecular weight is 278 g/mol. The second-order valence-electron chi connectivity index (χ2n) is 3.47. The summed E-state index contributed by atoms with van der Waals surface area (Å²) in [6.45, 7) is 1.76. The number of nitrogens with zero attached hydrogens (tertiary/aromatic N) is 3. The van der Waals surface area contributed by atoms with Crippen molar-refractivity contribution in [2.24, 2.45) is 0 Å². The molecule has 2 aromatic rings. The van der Waals surface area contributed by atoms with E-state index in [1.54, 1.807) is 13.0 Å². The molecule has 5 nitrogen and oxygen atoms in total. The Kier molecular flexibility index (Phi) is 3.12. The molecule has 2 rings (SSSR count). The van der Waals surface area contributed by atoms with Gasteiger partial charge in [-0.15, -0.1) is 0 Å². The first-order chi connectivity index (χ1) is 8.34. The van der Waals surface area contributed by atoms with Gasteiger partial charge in [0, 0.05) is 17.8 Å². The molecule has 2 aromatic heterocycles. The van der Waals surface area contributed by atoms with E-state index in [-0.39, 0.29) is 5.82 Å². The van der Waals surface area contributed by atoms with Crippen LogP contribution in [-0.2, 0) is 6.18 Å². The normalized spacial score (nSPS) is 11.6. The lowest BCUT2D eigenvalue weighted by atomic mass is 10.4. The summed E-state index contributed by atoms with van der Waals surface area (Å²) in [5, 5.41) is 8.56. The maximum atomic E-state index is 12.5. The van der Waals surface area contributed by atoms with E-state index in [2.05, 4.69) is 25.5 Å². The Morgan fingerprint density at radius 1 is 1.22 bits per heavy atom. The smallest absolute Gasteiger partial charge is 0.323 e. The highest BCUT2D eigenvalue weighted by Gasteiger charge is 2.33. The number of rotatable bonds is 2. The van der Waals surface area contributed by atoms with Gasteiger partial charge in [-0.05, 0) is 18.5 Å². The van der Waals surface area contributed by atoms with Crippen molar-refractivity contribution < 1.29 is 13.2 Å². The number of H-pyrrole nitrogens is 1. The molecule has 0 aliphatic carbocycles. The monoisotopic (exact) mass is 277 g/mol. The van der Waals surface area contributed by atoms with E-state index in [4.69, 9.17) is 11.6 Å². The summed E-state index contributed by atoms with van der Waals surface area (Å²) in [4.78, 5) is 6.75. The molecule has 0 aliphatic rings. The summed E-state index contributed by atoms with van der Waals surface area (Å²) >= 11 is 5.44. The minimum absolute atomic E-state index is 0.0752. The quantitative estimate of drug-likeness (QED) is 0.828. The van der Waals surface area contributed by atoms with E-state index < -0.39 is 17.2 Å². The van der Waals surface area contributed by atoms with Crippen LogP contribution in [-0.4, -0.2) is 20.2 Å². The molecule has 0 radical (unpaired) electrons. The molecule has 0 aliphatic heterocycles. The van der Waals surface area contributed by atoms with E-state index in [1.807, 2.05) is 0 Å². The van der Waals surface area contributed by atoms with Crippen molar-refractivity contribution in [3.05, 3.63) is 28.8 Å². The Labute approximate surface area is 104 Å². The molecular weight excluding hydrogens is 271 g/mol. The predicted molar refractivity (Wildman–Crippen MR) is 58.7 cm³/mol. The zero-order chi connectivity index (χ0) is 13.3. The first-order valence-electron chi connectivity index (χ1n) is 4.75. The fraction of sp³-hybridized carbons (Fsp3) is 0.222. The molecule has 0 unspecified atom stereocenters. The van der Waals surface area contributed by atoms with Crippen LogP contribution < -0.4 is 5.32 Å². The van der Waals surface area contributed by atoms with E-state index >= 15 is 0 Å². The number of alkyl halides is 3. The van der Waals surface area contributed by atoms with Gasteiger partial charge in [-0.3, -0.25) is 5.10 Å². The Morgan fingerprint density at radius 3 is 2.50 bits per heavy atom. The van der Waals surface area contributed by atoms with E-state index in [1.165, 1.54) is 0 Å². The van der Waals surface area contributed by atoms with Crippen LogP contribution in [0.1, 0.15) is 11.4 Å². The number of aromatic nitrogens is 4. The molecule has 18 heavy (non-hydrogen) atoms. The van der Waals surface area contributed by atoms with Crippen molar-refractivity contribution in [2.75, 3.05) is 5.32 Å². The van der Waals surface area contributed by atoms with Crippen LogP contribution >= 0.6 is 11.6 Å². The van der Waals surface area contributed by atoms with Crippen molar-refractivity contribution in [1.29, 1.82) is 0 Å². The molecule has 2 heterocycles. The summed E-state index contributed by atoms with van der Waals surface area (Å²) in [6.07, 6.45) is -4.58. The summed E-state index contributed by atoms with van der Waals surface area (Å²) in [7, 11) is 0. The summed E-state index contributed by atoms with van der Waals surface area (Å²) in [5.41, 5.74) is -0.356. The second-order valence-corrected chi connectivity index (χ2v) is 3.80. The fourth-order valence-corrected chi connectivity index (χ4v) is 1.42. The van der Waals surface area contributed by atoms with Gasteiger partial charge in [0.15, 0.2) is 11.5 Å². The maximum absolute atomic E-state index is 12.5. The van der Waals surface area contributed by atoms with Gasteiger partial charge >= 0.3 is 6.18 Å². The third kappa shape index (κ3) is 2.89. The summed E-state index contributed by atoms with van der Waals surface area (Å²) in [5.74, 6) is 0.268. The lowest BCUT2D eigenvalue weighted by Gasteiger charge is -2.08. The zero-order valence-electron chi connectivity index (χ0n) is 9.01. The highest BCUT2D eigenvalue weighted by atomic mass is 35.5. The molecule has 0 atom stereocenters. The molecule has 0 saturated heterocycles. The minimum atomic E-state index is -4.58. The van der Waals surface area contributed by atoms with Crippen LogP contribution in [0.2, 0.25) is 5.28 Å². The third-order valence-electron chi connectivity index (χ3n) is 1.95. The van der Waals surface area contributed by atoms with E-state index in [0.717, 1.165) is 11.8 Å². The van der Waals surface area contributed by atoms with Gasteiger partial charge in [0.05, 0.1) is 0 Å². The number of hydrogen-bond donors (Lipinski definition) is 2. The largest absolute Gasteiger partial charge is 0.433 e. The van der Waals surface area contributed by atoms with Crippen molar-refractivity contribution in [2.45, 2.75) is 13.1 Å². The number of halogens is 4. The van der Waals surface area contributed by atoms with Crippen molar-refractivity contribution in [1.82, 2.24) is 20.2 Å². The number of aryl methyl sites for hydroxylation is 1. The maximum Gasteiger partial charge on any atom is 0.433 e. The topological polar surface area (TPSA) is 66.5 Å². The van der Waals surface area contributed by atoms with Gasteiger partial charge in [-0.2, -0.15) is 18.3 Å². The van der Waals surface area contributed by atoms with Crippen LogP contribution in [0, 0.1) is 6.92 Å². The van der Waals surface area contributed by atoms with Gasteiger partial charge in [0.1, 0.15) is 5.82 Å². The SMILES string of the molecule is Cc1cc(Nc2cc(C(F)(F)F)nc(Cl)n2)n[nH]1. The standard InChI is InChI=1S/C9H7ClF3N5/c1-4-2-7(18-17-4)15-6-3-5(9(11,12)13)14-8(10)16-6/h2-3H,1H3,(H2,14,15,16,17,18). The number of anilines is 2. The van der Waals surface area contributed by atoms with Gasteiger partial charge in [-0.25, -0.2) is 9.97 Å². The van der Waals surface area contributed by atoms with Crippen LogP contribution in [0.15, 0.2) is 12.1 Å². The third-order valence-corrected chi connectivity index (χ3v) is 2.12. The average Bonchev–Trinajstić information content (AvgIpc) is 2.61. The summed E-state index contributed by atoms with van der Waals surface area (Å²) < 4.78 is 37.5. The molecule has 0 aromatic carbocycles. The van der Waals surface area contributed by atoms with Crippen molar-refractivity contribution >= 4 is 23.2 Å². The first kappa shape index (κ1) is 12.6.